The summed E-state index contributed by atoms with van der Waals surface area (Å²) in [6, 6.07) is 16.2. The van der Waals surface area contributed by atoms with Gasteiger partial charge in [-0.1, -0.05) is 50.2 Å². The van der Waals surface area contributed by atoms with Crippen LogP contribution in [0.15, 0.2) is 59.5 Å². The number of hydrogen-bond acceptors (Lipinski definition) is 4. The van der Waals surface area contributed by atoms with E-state index in [1.165, 1.54) is 12.1 Å². The van der Waals surface area contributed by atoms with Crippen LogP contribution in [0.2, 0.25) is 0 Å². The average molecular weight is 375 g/mol. The van der Waals surface area contributed by atoms with Gasteiger partial charge in [-0.25, -0.2) is 8.42 Å². The Bertz CT molecular complexity index is 831. The number of rotatable bonds is 8. The van der Waals surface area contributed by atoms with Crippen molar-refractivity contribution >= 4 is 15.7 Å². The topological polar surface area (TPSA) is 66.5 Å². The number of sulfone groups is 1. The Hall–Kier alpha value is -2.18. The van der Waals surface area contributed by atoms with Crippen molar-refractivity contribution in [3.05, 3.63) is 65.7 Å². The van der Waals surface area contributed by atoms with Gasteiger partial charge in [0.1, 0.15) is 0 Å². The van der Waals surface area contributed by atoms with Gasteiger partial charge in [-0.05, 0) is 36.9 Å². The maximum atomic E-state index is 12.5. The minimum Gasteiger partial charge on any atom is -0.350 e. The average Bonchev–Trinajstić information content (AvgIpc) is 2.65. The van der Waals surface area contributed by atoms with E-state index in [-0.39, 0.29) is 16.8 Å². The fraction of sp³-hybridized carbons (Fsp3) is 0.350. The number of nitrogens with one attached hydrogen (secondary N) is 1. The zero-order chi connectivity index (χ0) is 19.2. The molecule has 2 aromatic rings. The minimum atomic E-state index is -3.34. The van der Waals surface area contributed by atoms with Gasteiger partial charge < -0.3 is 5.32 Å². The third kappa shape index (κ3) is 5.16. The first-order valence-electron chi connectivity index (χ1n) is 8.74. The molecule has 1 amide bonds. The van der Waals surface area contributed by atoms with E-state index in [4.69, 9.17) is 0 Å². The van der Waals surface area contributed by atoms with Crippen LogP contribution in [0.5, 0.6) is 0 Å². The smallest absolute Gasteiger partial charge is 0.251 e. The number of benzene rings is 2. The van der Waals surface area contributed by atoms with E-state index in [9.17, 15) is 13.2 Å². The van der Waals surface area contributed by atoms with Crippen LogP contribution < -0.4 is 5.32 Å². The number of likely N-dealkylation sites (N-methyl/N-ethyl adjacent to an activating group) is 1. The second kappa shape index (κ2) is 8.96. The third-order valence-corrected chi connectivity index (χ3v) is 5.53. The lowest BCUT2D eigenvalue weighted by Gasteiger charge is -2.30. The first kappa shape index (κ1) is 20.1. The fourth-order valence-corrected chi connectivity index (χ4v) is 3.62. The van der Waals surface area contributed by atoms with Crippen LogP contribution in [0.4, 0.5) is 0 Å². The Labute approximate surface area is 156 Å². The normalized spacial score (nSPS) is 12.8. The number of amides is 1. The molecule has 1 atom stereocenters. The number of carbonyl (C=O) groups is 1. The van der Waals surface area contributed by atoms with Gasteiger partial charge in [-0.3, -0.25) is 9.69 Å². The lowest BCUT2D eigenvalue weighted by Crippen LogP contribution is -2.38. The molecular formula is C20H26N2O3S. The lowest BCUT2D eigenvalue weighted by atomic mass is 10.0. The molecule has 140 valence electrons. The van der Waals surface area contributed by atoms with Crippen molar-refractivity contribution in [2.24, 2.45) is 0 Å². The van der Waals surface area contributed by atoms with Crippen LogP contribution in [0, 0.1) is 0 Å². The molecule has 0 aliphatic rings. The molecule has 0 fully saturated rings. The van der Waals surface area contributed by atoms with E-state index in [1.807, 2.05) is 18.2 Å². The number of carbonyl (C=O) groups excluding carboxylic acids is 1. The van der Waals surface area contributed by atoms with Crippen LogP contribution in [-0.2, 0) is 9.84 Å². The van der Waals surface area contributed by atoms with Crippen LogP contribution in [-0.4, -0.2) is 45.1 Å². The largest absolute Gasteiger partial charge is 0.350 e. The van der Waals surface area contributed by atoms with Crippen LogP contribution >= 0.6 is 0 Å². The SMILES string of the molecule is CCN(CC)[C@H](CNC(=O)c1cccc(S(C)(=O)=O)c1)c1ccccc1. The summed E-state index contributed by atoms with van der Waals surface area (Å²) in [6.45, 7) is 6.38. The lowest BCUT2D eigenvalue weighted by molar-refractivity contribution is 0.0934. The molecule has 0 aliphatic carbocycles. The Morgan fingerprint density at radius 1 is 1.04 bits per heavy atom. The molecule has 0 saturated heterocycles. The molecule has 0 aromatic heterocycles. The molecule has 1 N–H and O–H groups in total. The predicted molar refractivity (Wildman–Crippen MR) is 104 cm³/mol. The quantitative estimate of drug-likeness (QED) is 0.771. The van der Waals surface area contributed by atoms with E-state index in [0.29, 0.717) is 12.1 Å². The van der Waals surface area contributed by atoms with Crippen LogP contribution in [0.1, 0.15) is 35.8 Å². The van der Waals surface area contributed by atoms with E-state index in [0.717, 1.165) is 24.9 Å². The van der Waals surface area contributed by atoms with Gasteiger partial charge in [0.15, 0.2) is 9.84 Å². The molecule has 0 aliphatic heterocycles. The van der Waals surface area contributed by atoms with Gasteiger partial charge in [0.05, 0.1) is 10.9 Å². The van der Waals surface area contributed by atoms with E-state index >= 15 is 0 Å². The highest BCUT2D eigenvalue weighted by molar-refractivity contribution is 7.90. The standard InChI is InChI=1S/C20H26N2O3S/c1-4-22(5-2)19(16-10-7-6-8-11-16)15-21-20(23)17-12-9-13-18(14-17)26(3,24)25/h6-14,19H,4-5,15H2,1-3H3,(H,21,23)/t19-/m1/s1. The molecule has 0 radical (unpaired) electrons. The number of nitrogens with zero attached hydrogens (tertiary/aromatic N) is 1. The maximum Gasteiger partial charge on any atom is 0.251 e. The second-order valence-electron chi connectivity index (χ2n) is 6.16. The van der Waals surface area contributed by atoms with Crippen LogP contribution in [0.3, 0.4) is 0 Å². The zero-order valence-corrected chi connectivity index (χ0v) is 16.3. The van der Waals surface area contributed by atoms with E-state index in [2.05, 4.69) is 36.2 Å². The summed E-state index contributed by atoms with van der Waals surface area (Å²) in [5, 5.41) is 2.95. The van der Waals surface area contributed by atoms with E-state index < -0.39 is 9.84 Å². The molecule has 2 rings (SSSR count). The second-order valence-corrected chi connectivity index (χ2v) is 8.17. The maximum absolute atomic E-state index is 12.5. The van der Waals surface area contributed by atoms with Crippen LogP contribution in [0.25, 0.3) is 0 Å². The van der Waals surface area contributed by atoms with Crippen molar-refractivity contribution in [3.63, 3.8) is 0 Å². The highest BCUT2D eigenvalue weighted by Gasteiger charge is 2.19. The molecule has 2 aromatic carbocycles. The Morgan fingerprint density at radius 2 is 1.69 bits per heavy atom. The summed E-state index contributed by atoms with van der Waals surface area (Å²) < 4.78 is 23.4. The summed E-state index contributed by atoms with van der Waals surface area (Å²) >= 11 is 0. The summed E-state index contributed by atoms with van der Waals surface area (Å²) in [6.07, 6.45) is 1.13. The zero-order valence-electron chi connectivity index (χ0n) is 15.5. The molecule has 0 heterocycles. The highest BCUT2D eigenvalue weighted by Crippen LogP contribution is 2.20. The minimum absolute atomic E-state index is 0.0632. The fourth-order valence-electron chi connectivity index (χ4n) is 2.96. The Kier molecular flexibility index (Phi) is 6.94. The Balaban J connectivity index is 2.17. The molecule has 0 unspecified atom stereocenters. The highest BCUT2D eigenvalue weighted by atomic mass is 32.2. The van der Waals surface area contributed by atoms with Gasteiger partial charge in [0, 0.05) is 18.4 Å². The first-order valence-corrected chi connectivity index (χ1v) is 10.6. The molecule has 6 heteroatoms. The van der Waals surface area contributed by atoms with Gasteiger partial charge in [0.25, 0.3) is 5.91 Å². The van der Waals surface area contributed by atoms with Gasteiger partial charge in [-0.2, -0.15) is 0 Å². The van der Waals surface area contributed by atoms with Crippen molar-refractivity contribution < 1.29 is 13.2 Å². The first-order chi connectivity index (χ1) is 12.4. The molecule has 26 heavy (non-hydrogen) atoms. The van der Waals surface area contributed by atoms with Gasteiger partial charge >= 0.3 is 0 Å². The molecule has 5 nitrogen and oxygen atoms in total. The third-order valence-electron chi connectivity index (χ3n) is 4.42. The molecule has 0 spiro atoms. The number of hydrogen-bond donors (Lipinski definition) is 1. The summed E-state index contributed by atoms with van der Waals surface area (Å²) in [5.74, 6) is -0.274. The van der Waals surface area contributed by atoms with Gasteiger partial charge in [0.2, 0.25) is 0 Å². The summed E-state index contributed by atoms with van der Waals surface area (Å²) in [7, 11) is -3.34. The summed E-state index contributed by atoms with van der Waals surface area (Å²) in [5.41, 5.74) is 1.49. The van der Waals surface area contributed by atoms with Crippen molar-refractivity contribution in [3.8, 4) is 0 Å². The molecule has 0 bridgehead atoms. The Morgan fingerprint density at radius 3 is 2.27 bits per heavy atom. The molecule has 0 saturated carbocycles. The van der Waals surface area contributed by atoms with Crippen molar-refractivity contribution in [1.29, 1.82) is 0 Å². The van der Waals surface area contributed by atoms with Gasteiger partial charge in [-0.15, -0.1) is 0 Å². The van der Waals surface area contributed by atoms with Crippen molar-refractivity contribution in [2.45, 2.75) is 24.8 Å². The summed E-state index contributed by atoms with van der Waals surface area (Å²) in [4.78, 5) is 15.0. The van der Waals surface area contributed by atoms with Crippen molar-refractivity contribution in [1.82, 2.24) is 10.2 Å². The van der Waals surface area contributed by atoms with E-state index in [1.54, 1.807) is 12.1 Å². The predicted octanol–water partition coefficient (Wildman–Crippen LogP) is 2.90. The molecular weight excluding hydrogens is 348 g/mol. The monoisotopic (exact) mass is 374 g/mol. The van der Waals surface area contributed by atoms with Crippen molar-refractivity contribution in [2.75, 3.05) is 25.9 Å².